The number of carbonyl (C=O) groups is 1. The molecule has 1 N–H and O–H groups in total. The Balaban J connectivity index is 2.06. The summed E-state index contributed by atoms with van der Waals surface area (Å²) in [4.78, 5) is 14.5. The topological polar surface area (TPSA) is 49.4 Å². The SMILES string of the molecule is CSC1CCCCN(C(=O)Nc2ccccc2CS(C)=O)C1. The van der Waals surface area contributed by atoms with Gasteiger partial charge in [-0.1, -0.05) is 24.6 Å². The number of amides is 2. The fourth-order valence-corrected chi connectivity index (χ4v) is 4.08. The summed E-state index contributed by atoms with van der Waals surface area (Å²) in [7, 11) is -0.925. The highest BCUT2D eigenvalue weighted by molar-refractivity contribution is 7.99. The average Bonchev–Trinajstić information content (AvgIpc) is 2.74. The molecular weight excluding hydrogens is 316 g/mol. The lowest BCUT2D eigenvalue weighted by Crippen LogP contribution is -2.38. The second kappa shape index (κ2) is 8.58. The lowest BCUT2D eigenvalue weighted by Gasteiger charge is -2.24. The Morgan fingerprint density at radius 3 is 2.91 bits per heavy atom. The zero-order chi connectivity index (χ0) is 15.9. The Kier molecular flexibility index (Phi) is 6.76. The van der Waals surface area contributed by atoms with Crippen molar-refractivity contribution in [3.63, 3.8) is 0 Å². The molecule has 4 nitrogen and oxygen atoms in total. The minimum Gasteiger partial charge on any atom is -0.323 e. The van der Waals surface area contributed by atoms with Crippen LogP contribution in [0.3, 0.4) is 0 Å². The van der Waals surface area contributed by atoms with Gasteiger partial charge in [-0.15, -0.1) is 0 Å². The molecule has 122 valence electrons. The van der Waals surface area contributed by atoms with Gasteiger partial charge in [0.2, 0.25) is 0 Å². The average molecular weight is 341 g/mol. The van der Waals surface area contributed by atoms with Gasteiger partial charge in [0.25, 0.3) is 0 Å². The third kappa shape index (κ3) is 5.02. The summed E-state index contributed by atoms with van der Waals surface area (Å²) in [6, 6.07) is 7.56. The van der Waals surface area contributed by atoms with E-state index in [-0.39, 0.29) is 6.03 Å². The highest BCUT2D eigenvalue weighted by Crippen LogP contribution is 2.22. The maximum atomic E-state index is 12.5. The Hall–Kier alpha value is -1.01. The monoisotopic (exact) mass is 340 g/mol. The van der Waals surface area contributed by atoms with Crippen LogP contribution >= 0.6 is 11.8 Å². The van der Waals surface area contributed by atoms with Gasteiger partial charge < -0.3 is 10.2 Å². The van der Waals surface area contributed by atoms with Gasteiger partial charge in [-0.2, -0.15) is 11.8 Å². The number of nitrogens with zero attached hydrogens (tertiary/aromatic N) is 1. The minimum absolute atomic E-state index is 0.0460. The Morgan fingerprint density at radius 1 is 1.41 bits per heavy atom. The number of benzene rings is 1. The van der Waals surface area contributed by atoms with Crippen LogP contribution in [0.2, 0.25) is 0 Å². The molecule has 6 heteroatoms. The first-order valence-electron chi connectivity index (χ1n) is 7.57. The predicted octanol–water partition coefficient (Wildman–Crippen LogP) is 3.31. The number of hydrogen-bond donors (Lipinski definition) is 1. The fourth-order valence-electron chi connectivity index (χ4n) is 2.66. The van der Waals surface area contributed by atoms with E-state index < -0.39 is 10.8 Å². The zero-order valence-electron chi connectivity index (χ0n) is 13.2. The molecule has 22 heavy (non-hydrogen) atoms. The van der Waals surface area contributed by atoms with E-state index >= 15 is 0 Å². The highest BCUT2D eigenvalue weighted by atomic mass is 32.2. The number of anilines is 1. The molecule has 2 rings (SSSR count). The summed E-state index contributed by atoms with van der Waals surface area (Å²) in [5.74, 6) is 0.462. The van der Waals surface area contributed by atoms with Gasteiger partial charge in [0.05, 0.1) is 5.75 Å². The molecule has 0 saturated carbocycles. The molecular formula is C16H24N2O2S2. The van der Waals surface area contributed by atoms with E-state index in [0.29, 0.717) is 11.0 Å². The maximum Gasteiger partial charge on any atom is 0.321 e. The number of likely N-dealkylation sites (tertiary alicyclic amines) is 1. The van der Waals surface area contributed by atoms with Crippen molar-refractivity contribution >= 4 is 34.3 Å². The molecule has 1 fully saturated rings. The zero-order valence-corrected chi connectivity index (χ0v) is 14.8. The van der Waals surface area contributed by atoms with Crippen molar-refractivity contribution in [2.75, 3.05) is 30.9 Å². The molecule has 0 aromatic heterocycles. The summed E-state index contributed by atoms with van der Waals surface area (Å²) >= 11 is 1.84. The largest absolute Gasteiger partial charge is 0.323 e. The van der Waals surface area contributed by atoms with Crippen LogP contribution in [0.15, 0.2) is 24.3 Å². The third-order valence-corrected chi connectivity index (χ3v) is 5.64. The minimum atomic E-state index is -0.925. The summed E-state index contributed by atoms with van der Waals surface area (Å²) in [5.41, 5.74) is 1.69. The van der Waals surface area contributed by atoms with Crippen molar-refractivity contribution < 1.29 is 9.00 Å². The lowest BCUT2D eigenvalue weighted by atomic mass is 10.2. The molecule has 1 aliphatic heterocycles. The van der Waals surface area contributed by atoms with Gasteiger partial charge >= 0.3 is 6.03 Å². The molecule has 0 aliphatic carbocycles. The number of urea groups is 1. The molecule has 1 heterocycles. The Labute approximate surface area is 139 Å². The van der Waals surface area contributed by atoms with Crippen LogP contribution in [0, 0.1) is 0 Å². The van der Waals surface area contributed by atoms with Crippen molar-refractivity contribution in [1.29, 1.82) is 0 Å². The van der Waals surface area contributed by atoms with E-state index in [2.05, 4.69) is 11.6 Å². The van der Waals surface area contributed by atoms with Crippen molar-refractivity contribution in [3.05, 3.63) is 29.8 Å². The van der Waals surface area contributed by atoms with Gasteiger partial charge in [-0.25, -0.2) is 4.79 Å². The van der Waals surface area contributed by atoms with Gasteiger partial charge in [-0.05, 0) is 30.7 Å². The second-order valence-electron chi connectivity index (χ2n) is 5.60. The van der Waals surface area contributed by atoms with E-state index in [1.54, 1.807) is 6.26 Å². The summed E-state index contributed by atoms with van der Waals surface area (Å²) in [6.07, 6.45) is 7.20. The van der Waals surface area contributed by atoms with Crippen LogP contribution in [0.1, 0.15) is 24.8 Å². The molecule has 0 radical (unpaired) electrons. The van der Waals surface area contributed by atoms with Gasteiger partial charge in [0.1, 0.15) is 0 Å². The van der Waals surface area contributed by atoms with E-state index in [4.69, 9.17) is 0 Å². The molecule has 2 unspecified atom stereocenters. The first-order chi connectivity index (χ1) is 10.6. The van der Waals surface area contributed by atoms with Crippen molar-refractivity contribution in [3.8, 4) is 0 Å². The quantitative estimate of drug-likeness (QED) is 0.915. The molecule has 0 spiro atoms. The molecule has 1 aromatic rings. The first-order valence-corrected chi connectivity index (χ1v) is 10.6. The molecule has 1 aromatic carbocycles. The predicted molar refractivity (Wildman–Crippen MR) is 96.0 cm³/mol. The van der Waals surface area contributed by atoms with Crippen LogP contribution in [0.5, 0.6) is 0 Å². The lowest BCUT2D eigenvalue weighted by molar-refractivity contribution is 0.214. The van der Waals surface area contributed by atoms with Crippen LogP contribution in [-0.2, 0) is 16.6 Å². The summed E-state index contributed by atoms with van der Waals surface area (Å²) in [6.45, 7) is 1.61. The molecule has 2 amide bonds. The van der Waals surface area contributed by atoms with Crippen molar-refractivity contribution in [2.24, 2.45) is 0 Å². The van der Waals surface area contributed by atoms with E-state index in [9.17, 15) is 9.00 Å². The molecule has 0 bridgehead atoms. The van der Waals surface area contributed by atoms with Gasteiger partial charge in [0.15, 0.2) is 0 Å². The highest BCUT2D eigenvalue weighted by Gasteiger charge is 2.22. The molecule has 1 saturated heterocycles. The van der Waals surface area contributed by atoms with E-state index in [1.807, 2.05) is 40.9 Å². The summed E-state index contributed by atoms with van der Waals surface area (Å²) in [5, 5.41) is 3.52. The fraction of sp³-hybridized carbons (Fsp3) is 0.562. The van der Waals surface area contributed by atoms with Crippen molar-refractivity contribution in [1.82, 2.24) is 4.90 Å². The van der Waals surface area contributed by atoms with Gasteiger partial charge in [-0.3, -0.25) is 4.21 Å². The number of nitrogens with one attached hydrogen (secondary N) is 1. The van der Waals surface area contributed by atoms with Gasteiger partial charge in [0, 0.05) is 41.1 Å². The normalized spacial score (nSPS) is 20.3. The van der Waals surface area contributed by atoms with E-state index in [0.717, 1.165) is 30.8 Å². The number of carbonyl (C=O) groups excluding carboxylic acids is 1. The maximum absolute atomic E-state index is 12.5. The number of para-hydroxylation sites is 1. The smallest absolute Gasteiger partial charge is 0.321 e. The number of thioether (sulfide) groups is 1. The standard InChI is InChI=1S/C16H24N2O2S2/c1-21-14-8-5-6-10-18(11-14)16(19)17-15-9-4-3-7-13(15)12-22(2)20/h3-4,7,9,14H,5-6,8,10-12H2,1-2H3,(H,17,19). The van der Waals surface area contributed by atoms with Crippen molar-refractivity contribution in [2.45, 2.75) is 30.3 Å². The van der Waals surface area contributed by atoms with Crippen LogP contribution < -0.4 is 5.32 Å². The number of hydrogen-bond acceptors (Lipinski definition) is 3. The summed E-state index contributed by atoms with van der Waals surface area (Å²) < 4.78 is 11.5. The van der Waals surface area contributed by atoms with Crippen LogP contribution in [-0.4, -0.2) is 46.0 Å². The Bertz CT molecular complexity index is 537. The number of rotatable bonds is 4. The molecule has 1 aliphatic rings. The van der Waals surface area contributed by atoms with Crippen LogP contribution in [0.25, 0.3) is 0 Å². The third-order valence-electron chi connectivity index (χ3n) is 3.87. The first kappa shape index (κ1) is 17.3. The molecule has 2 atom stereocenters. The Morgan fingerprint density at radius 2 is 2.18 bits per heavy atom. The van der Waals surface area contributed by atoms with E-state index in [1.165, 1.54) is 12.8 Å². The second-order valence-corrected chi connectivity index (χ2v) is 8.18. The van der Waals surface area contributed by atoms with Crippen LogP contribution in [0.4, 0.5) is 10.5 Å².